The Labute approximate surface area is 276 Å². The molecule has 3 fully saturated rings. The van der Waals surface area contributed by atoms with Gasteiger partial charge in [0.15, 0.2) is 0 Å². The molecule has 0 amide bonds. The molecule has 6 rings (SSSR count). The third-order valence-electron chi connectivity index (χ3n) is 9.52. The van der Waals surface area contributed by atoms with E-state index in [4.69, 9.17) is 19.9 Å². The zero-order valence-electron chi connectivity index (χ0n) is 26.3. The molecule has 12 heteroatoms. The van der Waals surface area contributed by atoms with E-state index in [2.05, 4.69) is 4.90 Å². The van der Waals surface area contributed by atoms with E-state index >= 15 is 4.39 Å². The van der Waals surface area contributed by atoms with Crippen molar-refractivity contribution < 1.29 is 42.7 Å². The summed E-state index contributed by atoms with van der Waals surface area (Å²) in [6.07, 6.45) is -2.22. The maximum atomic E-state index is 15.1. The van der Waals surface area contributed by atoms with Gasteiger partial charge in [0.2, 0.25) is 0 Å². The normalized spacial score (nSPS) is 31.6. The Hall–Kier alpha value is -2.68. The molecule has 0 saturated carbocycles. The van der Waals surface area contributed by atoms with Crippen LogP contribution in [-0.4, -0.2) is 88.1 Å². The summed E-state index contributed by atoms with van der Waals surface area (Å²) in [7, 11) is 0. The van der Waals surface area contributed by atoms with Crippen molar-refractivity contribution in [1.29, 1.82) is 0 Å². The first kappa shape index (κ1) is 34.2. The van der Waals surface area contributed by atoms with Crippen molar-refractivity contribution in [1.82, 2.24) is 4.90 Å². The highest BCUT2D eigenvalue weighted by Crippen LogP contribution is 2.38. The molecule has 254 valence electrons. The van der Waals surface area contributed by atoms with Gasteiger partial charge in [0.25, 0.3) is 0 Å². The van der Waals surface area contributed by atoms with Gasteiger partial charge in [-0.1, -0.05) is 12.1 Å². The number of hydrogen-bond acceptors (Lipinski definition) is 9. The highest BCUT2D eigenvalue weighted by Gasteiger charge is 2.44. The summed E-state index contributed by atoms with van der Waals surface area (Å²) >= 11 is 1.23. The van der Waals surface area contributed by atoms with Crippen LogP contribution in [-0.2, 0) is 15.9 Å². The molecule has 3 heterocycles. The topological polar surface area (TPSA) is 118 Å². The van der Waals surface area contributed by atoms with Crippen molar-refractivity contribution in [2.75, 3.05) is 26.0 Å². The van der Waals surface area contributed by atoms with Gasteiger partial charge in [-0.25, -0.2) is 13.2 Å². The number of nitrogens with zero attached hydrogens (tertiary/aromatic N) is 1. The van der Waals surface area contributed by atoms with Gasteiger partial charge in [-0.3, -0.25) is 4.90 Å². The fourth-order valence-corrected chi connectivity index (χ4v) is 7.58. The number of aliphatic hydroxyl groups is 3. The van der Waals surface area contributed by atoms with Crippen molar-refractivity contribution in [2.24, 2.45) is 5.73 Å². The summed E-state index contributed by atoms with van der Waals surface area (Å²) in [5, 5.41) is 31.3. The first-order chi connectivity index (χ1) is 22.5. The predicted molar refractivity (Wildman–Crippen MR) is 172 cm³/mol. The Morgan fingerprint density at radius 3 is 2.43 bits per heavy atom. The van der Waals surface area contributed by atoms with Gasteiger partial charge < -0.3 is 35.3 Å². The summed E-state index contributed by atoms with van der Waals surface area (Å²) in [4.78, 5) is 2.27. The zero-order chi connectivity index (χ0) is 33.4. The molecule has 3 aliphatic rings. The maximum absolute atomic E-state index is 15.1. The van der Waals surface area contributed by atoms with Crippen LogP contribution in [0.5, 0.6) is 5.75 Å². The largest absolute Gasteiger partial charge is 0.489 e. The molecule has 5 N–H and O–H groups in total. The first-order valence-electron chi connectivity index (χ1n) is 15.9. The number of aryl methyl sites for hydroxylation is 1. The van der Waals surface area contributed by atoms with Crippen molar-refractivity contribution in [3.8, 4) is 5.75 Å². The molecule has 47 heavy (non-hydrogen) atoms. The second-order valence-electron chi connectivity index (χ2n) is 12.8. The number of benzene rings is 3. The number of rotatable bonds is 8. The SMILES string of the molecule is CS[C@H]1O[C@@H](c2cc(Cc3ccc(O[C@@H]4CCN([C@H]5CO[C@H](c6cc(F)ccc6F)[C@@H](N)C5)C4)cc3)c(F)cc2C)[C@H](O)[C@@H](O)[C@@H]1O. The number of ether oxygens (including phenoxy) is 3. The molecule has 9 atom stereocenters. The van der Waals surface area contributed by atoms with Gasteiger partial charge in [0, 0.05) is 37.2 Å². The van der Waals surface area contributed by atoms with Crippen LogP contribution >= 0.6 is 11.8 Å². The minimum Gasteiger partial charge on any atom is -0.489 e. The molecule has 0 aliphatic carbocycles. The molecule has 3 saturated heterocycles. The third-order valence-corrected chi connectivity index (χ3v) is 10.4. The van der Waals surface area contributed by atoms with Crippen molar-refractivity contribution in [3.05, 3.63) is 99.9 Å². The van der Waals surface area contributed by atoms with Crippen LogP contribution in [0.2, 0.25) is 0 Å². The molecule has 3 aromatic carbocycles. The third kappa shape index (κ3) is 7.35. The van der Waals surface area contributed by atoms with E-state index in [1.54, 1.807) is 19.2 Å². The lowest BCUT2D eigenvalue weighted by Gasteiger charge is -2.40. The number of likely N-dealkylation sites (tertiary alicyclic amines) is 1. The molecule has 3 aromatic rings. The van der Waals surface area contributed by atoms with E-state index < -0.39 is 53.6 Å². The van der Waals surface area contributed by atoms with Crippen molar-refractivity contribution in [3.63, 3.8) is 0 Å². The van der Waals surface area contributed by atoms with E-state index in [0.717, 1.165) is 36.7 Å². The number of aliphatic hydroxyl groups excluding tert-OH is 3. The highest BCUT2D eigenvalue weighted by atomic mass is 32.2. The maximum Gasteiger partial charge on any atom is 0.132 e. The van der Waals surface area contributed by atoms with Crippen LogP contribution in [0, 0.1) is 24.4 Å². The standard InChI is InChI=1S/C35H41F3N2O6S/c1-18-11-28(38)20(13-25(18)34-31(42)30(41)32(43)35(46-34)47-2)12-19-3-6-23(7-4-19)45-24-9-10-40(16-24)22-15-29(39)33(44-17-22)26-14-21(36)5-8-27(26)37/h3-8,11,13-14,22,24,29-35,41-43H,9-10,12,15-17,39H2,1-2H3/t22-,24-,29+,30-,31-,32+,33-,34+,35-/m1/s1. The van der Waals surface area contributed by atoms with E-state index in [1.165, 1.54) is 17.8 Å². The fourth-order valence-electron chi connectivity index (χ4n) is 6.91. The molecule has 0 unspecified atom stereocenters. The number of thioether (sulfide) groups is 1. The zero-order valence-corrected chi connectivity index (χ0v) is 27.1. The Morgan fingerprint density at radius 1 is 0.936 bits per heavy atom. The Bertz CT molecular complexity index is 1550. The molecular formula is C35H41F3N2O6S. The molecule has 8 nitrogen and oxygen atoms in total. The number of nitrogens with two attached hydrogens (primary N) is 1. The van der Waals surface area contributed by atoms with Crippen molar-refractivity contribution in [2.45, 2.75) is 80.3 Å². The van der Waals surface area contributed by atoms with E-state index in [9.17, 15) is 24.1 Å². The fraction of sp³-hybridized carbons (Fsp3) is 0.486. The minimum absolute atomic E-state index is 0.0446. The van der Waals surface area contributed by atoms with E-state index in [0.29, 0.717) is 48.4 Å². The second-order valence-corrected chi connectivity index (χ2v) is 13.7. The van der Waals surface area contributed by atoms with Crippen LogP contribution in [0.1, 0.15) is 52.9 Å². The highest BCUT2D eigenvalue weighted by molar-refractivity contribution is 7.99. The van der Waals surface area contributed by atoms with Crippen molar-refractivity contribution >= 4 is 11.8 Å². The van der Waals surface area contributed by atoms with Crippen LogP contribution < -0.4 is 10.5 Å². The lowest BCUT2D eigenvalue weighted by molar-refractivity contribution is -0.200. The van der Waals surface area contributed by atoms with Gasteiger partial charge in [0.1, 0.15) is 65.3 Å². The Kier molecular flexibility index (Phi) is 10.5. The molecule has 3 aliphatic heterocycles. The molecule has 0 radical (unpaired) electrons. The monoisotopic (exact) mass is 674 g/mol. The molecule has 0 bridgehead atoms. The summed E-state index contributed by atoms with van der Waals surface area (Å²) in [6.45, 7) is 3.56. The Morgan fingerprint density at radius 2 is 1.70 bits per heavy atom. The smallest absolute Gasteiger partial charge is 0.132 e. The lowest BCUT2D eigenvalue weighted by atomic mass is 9.89. The van der Waals surface area contributed by atoms with Gasteiger partial charge in [0.05, 0.1) is 6.61 Å². The second kappa shape index (κ2) is 14.4. The van der Waals surface area contributed by atoms with Gasteiger partial charge in [-0.2, -0.15) is 0 Å². The van der Waals surface area contributed by atoms with E-state index in [1.807, 2.05) is 24.3 Å². The predicted octanol–water partition coefficient (Wildman–Crippen LogP) is 4.16. The van der Waals surface area contributed by atoms with Gasteiger partial charge in [-0.05, 0) is 90.7 Å². The van der Waals surface area contributed by atoms with Crippen LogP contribution in [0.3, 0.4) is 0 Å². The van der Waals surface area contributed by atoms with E-state index in [-0.39, 0.29) is 23.5 Å². The summed E-state index contributed by atoms with van der Waals surface area (Å²) in [6, 6.07) is 13.4. The van der Waals surface area contributed by atoms with Crippen LogP contribution in [0.15, 0.2) is 54.6 Å². The summed E-state index contributed by atoms with van der Waals surface area (Å²) in [5.74, 6) is -0.746. The lowest BCUT2D eigenvalue weighted by Crippen LogP contribution is -2.53. The molecule has 0 spiro atoms. The van der Waals surface area contributed by atoms with Gasteiger partial charge >= 0.3 is 0 Å². The average molecular weight is 675 g/mol. The average Bonchev–Trinajstić information content (AvgIpc) is 3.52. The number of hydrogen-bond donors (Lipinski definition) is 4. The number of halogens is 3. The Balaban J connectivity index is 1.05. The first-order valence-corrected chi connectivity index (χ1v) is 17.1. The molecule has 0 aromatic heterocycles. The minimum atomic E-state index is -1.39. The van der Waals surface area contributed by atoms with Crippen LogP contribution in [0.25, 0.3) is 0 Å². The van der Waals surface area contributed by atoms with Crippen LogP contribution in [0.4, 0.5) is 13.2 Å². The quantitative estimate of drug-likeness (QED) is 0.280. The molecular weight excluding hydrogens is 633 g/mol. The van der Waals surface area contributed by atoms with Gasteiger partial charge in [-0.15, -0.1) is 11.8 Å². The summed E-state index contributed by atoms with van der Waals surface area (Å²) < 4.78 is 61.3. The summed E-state index contributed by atoms with van der Waals surface area (Å²) in [5.41, 5.74) is 8.20.